The van der Waals surface area contributed by atoms with E-state index in [0.29, 0.717) is 12.0 Å². The number of rotatable bonds is 3. The summed E-state index contributed by atoms with van der Waals surface area (Å²) >= 11 is 3.38. The Bertz CT molecular complexity index is 340. The lowest BCUT2D eigenvalue weighted by atomic mass is 9.93. The van der Waals surface area contributed by atoms with Gasteiger partial charge in [-0.05, 0) is 53.7 Å². The normalized spacial score (nSPS) is 19.4. The van der Waals surface area contributed by atoms with E-state index >= 15 is 0 Å². The van der Waals surface area contributed by atoms with E-state index < -0.39 is 0 Å². The van der Waals surface area contributed by atoms with Crippen LogP contribution in [0.4, 0.5) is 5.82 Å². The molecule has 0 aliphatic carbocycles. The number of hydrogen-bond donors (Lipinski definition) is 1. The minimum absolute atomic E-state index is 0.450. The Morgan fingerprint density at radius 1 is 1.44 bits per heavy atom. The highest BCUT2D eigenvalue weighted by Gasteiger charge is 2.20. The Balaban J connectivity index is 1.93. The molecule has 2 rings (SSSR count). The molecule has 2 heterocycles. The van der Waals surface area contributed by atoms with Crippen molar-refractivity contribution in [2.75, 3.05) is 18.5 Å². The molecule has 1 aliphatic rings. The number of hydrogen-bond acceptors (Lipinski definition) is 3. The molecular weight excluding hydrogens is 268 g/mol. The van der Waals surface area contributed by atoms with Gasteiger partial charge in [-0.25, -0.2) is 4.98 Å². The van der Waals surface area contributed by atoms with E-state index in [0.717, 1.165) is 36.5 Å². The van der Waals surface area contributed by atoms with Crippen LogP contribution in [-0.2, 0) is 4.74 Å². The fraction of sp³-hybridized carbons (Fsp3) is 0.583. The maximum Gasteiger partial charge on any atom is 0.127 e. The third-order valence-corrected chi connectivity index (χ3v) is 3.51. The number of aromatic nitrogens is 1. The van der Waals surface area contributed by atoms with Crippen LogP contribution in [0.1, 0.15) is 19.8 Å². The summed E-state index contributed by atoms with van der Waals surface area (Å²) < 4.78 is 6.24. The standard InChI is InChI=1S/C12H17BrN2O/c1-9(10-5-7-16-8-6-10)14-12-4-2-3-11(13)15-12/h2-4,9-10H,5-8H2,1H3,(H,14,15). The summed E-state index contributed by atoms with van der Waals surface area (Å²) in [5.41, 5.74) is 0. The van der Waals surface area contributed by atoms with E-state index in [2.05, 4.69) is 33.2 Å². The molecule has 4 heteroatoms. The highest BCUT2D eigenvalue weighted by Crippen LogP contribution is 2.21. The zero-order valence-electron chi connectivity index (χ0n) is 9.45. The highest BCUT2D eigenvalue weighted by molar-refractivity contribution is 9.10. The molecule has 0 amide bonds. The molecule has 1 unspecified atom stereocenters. The molecule has 1 saturated heterocycles. The molecule has 0 radical (unpaired) electrons. The van der Waals surface area contributed by atoms with Crippen LogP contribution < -0.4 is 5.32 Å². The SMILES string of the molecule is CC(Nc1cccc(Br)n1)C1CCOCC1. The van der Waals surface area contributed by atoms with Crippen LogP contribution in [-0.4, -0.2) is 24.2 Å². The quantitative estimate of drug-likeness (QED) is 0.867. The number of anilines is 1. The minimum atomic E-state index is 0.450. The molecule has 0 spiro atoms. The second-order valence-electron chi connectivity index (χ2n) is 4.23. The Kier molecular flexibility index (Phi) is 4.18. The topological polar surface area (TPSA) is 34.2 Å². The van der Waals surface area contributed by atoms with Gasteiger partial charge in [0, 0.05) is 19.3 Å². The Morgan fingerprint density at radius 3 is 2.88 bits per heavy atom. The fourth-order valence-corrected chi connectivity index (χ4v) is 2.40. The van der Waals surface area contributed by atoms with Gasteiger partial charge >= 0.3 is 0 Å². The molecule has 1 atom stereocenters. The van der Waals surface area contributed by atoms with E-state index in [9.17, 15) is 0 Å². The van der Waals surface area contributed by atoms with E-state index in [4.69, 9.17) is 4.74 Å². The van der Waals surface area contributed by atoms with Crippen LogP contribution in [0.15, 0.2) is 22.8 Å². The largest absolute Gasteiger partial charge is 0.381 e. The molecule has 1 N–H and O–H groups in total. The lowest BCUT2D eigenvalue weighted by Crippen LogP contribution is -2.31. The van der Waals surface area contributed by atoms with Gasteiger partial charge in [0.25, 0.3) is 0 Å². The molecule has 0 aromatic carbocycles. The van der Waals surface area contributed by atoms with Crippen molar-refractivity contribution in [1.29, 1.82) is 0 Å². The highest BCUT2D eigenvalue weighted by atomic mass is 79.9. The molecule has 1 aromatic rings. The third-order valence-electron chi connectivity index (χ3n) is 3.06. The van der Waals surface area contributed by atoms with Gasteiger partial charge in [0.2, 0.25) is 0 Å². The fourth-order valence-electron chi connectivity index (χ4n) is 2.06. The Morgan fingerprint density at radius 2 is 2.19 bits per heavy atom. The molecule has 0 bridgehead atoms. The van der Waals surface area contributed by atoms with Crippen molar-refractivity contribution in [2.24, 2.45) is 5.92 Å². The molecule has 16 heavy (non-hydrogen) atoms. The average molecular weight is 285 g/mol. The van der Waals surface area contributed by atoms with Crippen molar-refractivity contribution in [3.05, 3.63) is 22.8 Å². The van der Waals surface area contributed by atoms with Crippen LogP contribution in [0.25, 0.3) is 0 Å². The lowest BCUT2D eigenvalue weighted by molar-refractivity contribution is 0.0622. The summed E-state index contributed by atoms with van der Waals surface area (Å²) in [4.78, 5) is 4.38. The lowest BCUT2D eigenvalue weighted by Gasteiger charge is -2.28. The van der Waals surface area contributed by atoms with Gasteiger partial charge in [-0.1, -0.05) is 6.07 Å². The van der Waals surface area contributed by atoms with Crippen LogP contribution in [0.5, 0.6) is 0 Å². The monoisotopic (exact) mass is 284 g/mol. The summed E-state index contributed by atoms with van der Waals surface area (Å²) in [5.74, 6) is 1.63. The third kappa shape index (κ3) is 3.19. The van der Waals surface area contributed by atoms with Crippen molar-refractivity contribution < 1.29 is 4.74 Å². The summed E-state index contributed by atoms with van der Waals surface area (Å²) in [6.07, 6.45) is 2.28. The number of ether oxygens (including phenoxy) is 1. The molecule has 1 aliphatic heterocycles. The van der Waals surface area contributed by atoms with Crippen LogP contribution in [0.3, 0.4) is 0 Å². The first-order chi connectivity index (χ1) is 7.75. The second-order valence-corrected chi connectivity index (χ2v) is 5.04. The van der Waals surface area contributed by atoms with Gasteiger partial charge in [0.05, 0.1) is 0 Å². The first-order valence-corrected chi connectivity index (χ1v) is 6.52. The van der Waals surface area contributed by atoms with Gasteiger partial charge < -0.3 is 10.1 Å². The number of nitrogens with one attached hydrogen (secondary N) is 1. The predicted octanol–water partition coefficient (Wildman–Crippen LogP) is 3.07. The minimum Gasteiger partial charge on any atom is -0.381 e. The predicted molar refractivity (Wildman–Crippen MR) is 68.6 cm³/mol. The molecule has 1 fully saturated rings. The second kappa shape index (κ2) is 5.64. The van der Waals surface area contributed by atoms with Crippen molar-refractivity contribution in [3.63, 3.8) is 0 Å². The number of halogens is 1. The van der Waals surface area contributed by atoms with Crippen LogP contribution >= 0.6 is 15.9 Å². The zero-order valence-corrected chi connectivity index (χ0v) is 11.0. The molecular formula is C12H17BrN2O. The Labute approximate surface area is 105 Å². The van der Waals surface area contributed by atoms with Crippen LogP contribution in [0.2, 0.25) is 0 Å². The first-order valence-electron chi connectivity index (χ1n) is 5.72. The van der Waals surface area contributed by atoms with E-state index in [1.165, 1.54) is 0 Å². The maximum absolute atomic E-state index is 5.37. The summed E-state index contributed by atoms with van der Waals surface area (Å²) in [6, 6.07) is 6.38. The zero-order chi connectivity index (χ0) is 11.4. The van der Waals surface area contributed by atoms with Crippen molar-refractivity contribution >= 4 is 21.7 Å². The van der Waals surface area contributed by atoms with Gasteiger partial charge in [0.1, 0.15) is 10.4 Å². The smallest absolute Gasteiger partial charge is 0.127 e. The van der Waals surface area contributed by atoms with Crippen molar-refractivity contribution in [2.45, 2.75) is 25.8 Å². The summed E-state index contributed by atoms with van der Waals surface area (Å²) in [7, 11) is 0. The maximum atomic E-state index is 5.37. The van der Waals surface area contributed by atoms with E-state index in [1.54, 1.807) is 0 Å². The summed E-state index contributed by atoms with van der Waals surface area (Å²) in [6.45, 7) is 4.00. The summed E-state index contributed by atoms with van der Waals surface area (Å²) in [5, 5.41) is 3.46. The molecule has 0 saturated carbocycles. The van der Waals surface area contributed by atoms with Gasteiger partial charge in [-0.3, -0.25) is 0 Å². The molecule has 88 valence electrons. The average Bonchev–Trinajstić information content (AvgIpc) is 2.30. The number of pyridine rings is 1. The Hall–Kier alpha value is -0.610. The van der Waals surface area contributed by atoms with Crippen molar-refractivity contribution in [3.8, 4) is 0 Å². The van der Waals surface area contributed by atoms with Gasteiger partial charge in [-0.2, -0.15) is 0 Å². The first kappa shape index (κ1) is 11.9. The molecule has 3 nitrogen and oxygen atoms in total. The number of nitrogens with zero attached hydrogens (tertiary/aromatic N) is 1. The van der Waals surface area contributed by atoms with Crippen molar-refractivity contribution in [1.82, 2.24) is 4.98 Å². The van der Waals surface area contributed by atoms with Gasteiger partial charge in [0.15, 0.2) is 0 Å². The van der Waals surface area contributed by atoms with E-state index in [-0.39, 0.29) is 0 Å². The van der Waals surface area contributed by atoms with Crippen LogP contribution in [0, 0.1) is 5.92 Å². The van der Waals surface area contributed by atoms with E-state index in [1.807, 2.05) is 18.2 Å². The molecule has 1 aromatic heterocycles. The van der Waals surface area contributed by atoms with Gasteiger partial charge in [-0.15, -0.1) is 0 Å².